The van der Waals surface area contributed by atoms with Gasteiger partial charge < -0.3 is 10.2 Å². The van der Waals surface area contributed by atoms with Crippen LogP contribution in [0.1, 0.15) is 12.0 Å². The maximum atomic E-state index is 12.9. The summed E-state index contributed by atoms with van der Waals surface area (Å²) in [6.07, 6.45) is 1.80. The summed E-state index contributed by atoms with van der Waals surface area (Å²) in [5.41, 5.74) is 0.843. The lowest BCUT2D eigenvalue weighted by atomic mass is 10.1. The number of thiazole rings is 1. The molecule has 7 heteroatoms. The standard InChI is InChI=1S/C15H14FN3O2S/c16-12-3-1-10(2-4-12)8-19-9-11(7-13(19)20)14(21)18-15-17-5-6-22-15/h1-6,11H,7-9H2,(H,17,18,21). The summed E-state index contributed by atoms with van der Waals surface area (Å²) in [4.78, 5) is 29.8. The predicted octanol–water partition coefficient (Wildman–Crippen LogP) is 2.27. The molecule has 22 heavy (non-hydrogen) atoms. The number of halogens is 1. The first-order valence-corrected chi connectivity index (χ1v) is 7.72. The molecule has 1 aliphatic heterocycles. The van der Waals surface area contributed by atoms with E-state index < -0.39 is 0 Å². The third-order valence-corrected chi connectivity index (χ3v) is 4.22. The topological polar surface area (TPSA) is 62.3 Å². The first-order chi connectivity index (χ1) is 10.6. The number of benzene rings is 1. The van der Waals surface area contributed by atoms with Crippen LogP contribution in [0.25, 0.3) is 0 Å². The van der Waals surface area contributed by atoms with Gasteiger partial charge in [0.2, 0.25) is 11.8 Å². The number of nitrogens with zero attached hydrogens (tertiary/aromatic N) is 2. The van der Waals surface area contributed by atoms with Gasteiger partial charge in [-0.05, 0) is 17.7 Å². The van der Waals surface area contributed by atoms with E-state index in [2.05, 4.69) is 10.3 Å². The minimum atomic E-state index is -0.378. The number of carbonyl (C=O) groups excluding carboxylic acids is 2. The van der Waals surface area contributed by atoms with Gasteiger partial charge >= 0.3 is 0 Å². The molecule has 1 saturated heterocycles. The van der Waals surface area contributed by atoms with Crippen molar-refractivity contribution in [1.82, 2.24) is 9.88 Å². The fourth-order valence-electron chi connectivity index (χ4n) is 2.40. The lowest BCUT2D eigenvalue weighted by Crippen LogP contribution is -2.28. The Labute approximate surface area is 130 Å². The number of rotatable bonds is 4. The van der Waals surface area contributed by atoms with E-state index in [1.807, 2.05) is 0 Å². The highest BCUT2D eigenvalue weighted by Crippen LogP contribution is 2.22. The Balaban J connectivity index is 1.60. The summed E-state index contributed by atoms with van der Waals surface area (Å²) >= 11 is 1.34. The minimum absolute atomic E-state index is 0.0661. The molecule has 1 fully saturated rings. The van der Waals surface area contributed by atoms with E-state index in [9.17, 15) is 14.0 Å². The molecule has 2 amide bonds. The Morgan fingerprint density at radius 1 is 1.41 bits per heavy atom. The first-order valence-electron chi connectivity index (χ1n) is 6.84. The Morgan fingerprint density at radius 3 is 2.86 bits per heavy atom. The van der Waals surface area contributed by atoms with Crippen LogP contribution in [0.3, 0.4) is 0 Å². The van der Waals surface area contributed by atoms with E-state index in [-0.39, 0.29) is 30.0 Å². The van der Waals surface area contributed by atoms with Crippen LogP contribution in [-0.2, 0) is 16.1 Å². The maximum absolute atomic E-state index is 12.9. The monoisotopic (exact) mass is 319 g/mol. The second-order valence-electron chi connectivity index (χ2n) is 5.13. The number of hydrogen-bond acceptors (Lipinski definition) is 4. The van der Waals surface area contributed by atoms with Crippen molar-refractivity contribution in [2.45, 2.75) is 13.0 Å². The highest BCUT2D eigenvalue weighted by atomic mass is 32.1. The van der Waals surface area contributed by atoms with Crippen LogP contribution in [-0.4, -0.2) is 28.2 Å². The van der Waals surface area contributed by atoms with Crippen molar-refractivity contribution in [1.29, 1.82) is 0 Å². The molecule has 0 saturated carbocycles. The second-order valence-corrected chi connectivity index (χ2v) is 6.02. The molecule has 0 radical (unpaired) electrons. The molecule has 1 N–H and O–H groups in total. The molecule has 0 aliphatic carbocycles. The quantitative estimate of drug-likeness (QED) is 0.940. The molecule has 1 aliphatic rings. The first kappa shape index (κ1) is 14.6. The number of carbonyl (C=O) groups is 2. The summed E-state index contributed by atoms with van der Waals surface area (Å²) in [6, 6.07) is 6.02. The zero-order chi connectivity index (χ0) is 15.5. The average Bonchev–Trinajstić information content (AvgIpc) is 3.12. The number of amides is 2. The van der Waals surface area contributed by atoms with Gasteiger partial charge in [-0.1, -0.05) is 12.1 Å². The van der Waals surface area contributed by atoms with Gasteiger partial charge in [-0.25, -0.2) is 9.37 Å². The molecule has 1 aromatic heterocycles. The fourth-order valence-corrected chi connectivity index (χ4v) is 2.94. The van der Waals surface area contributed by atoms with Crippen LogP contribution in [0.15, 0.2) is 35.8 Å². The Morgan fingerprint density at radius 2 is 2.18 bits per heavy atom. The van der Waals surface area contributed by atoms with Gasteiger partial charge in [0, 0.05) is 31.1 Å². The van der Waals surface area contributed by atoms with E-state index in [4.69, 9.17) is 0 Å². The van der Waals surface area contributed by atoms with Crippen LogP contribution >= 0.6 is 11.3 Å². The molecular formula is C15H14FN3O2S. The molecule has 114 valence electrons. The van der Waals surface area contributed by atoms with E-state index in [0.29, 0.717) is 18.2 Å². The van der Waals surface area contributed by atoms with Crippen LogP contribution in [0.2, 0.25) is 0 Å². The SMILES string of the molecule is O=C(Nc1nccs1)C1CC(=O)N(Cc2ccc(F)cc2)C1. The van der Waals surface area contributed by atoms with Gasteiger partial charge in [0.05, 0.1) is 5.92 Å². The smallest absolute Gasteiger partial charge is 0.231 e. The van der Waals surface area contributed by atoms with Crippen LogP contribution in [0, 0.1) is 11.7 Å². The Hall–Kier alpha value is -2.28. The summed E-state index contributed by atoms with van der Waals surface area (Å²) in [5.74, 6) is -0.942. The molecule has 2 aromatic rings. The molecular weight excluding hydrogens is 305 g/mol. The summed E-state index contributed by atoms with van der Waals surface area (Å²) in [7, 11) is 0. The van der Waals surface area contributed by atoms with Crippen molar-refractivity contribution < 1.29 is 14.0 Å². The number of aromatic nitrogens is 1. The zero-order valence-corrected chi connectivity index (χ0v) is 12.5. The van der Waals surface area contributed by atoms with Crippen molar-refractivity contribution in [2.75, 3.05) is 11.9 Å². The third kappa shape index (κ3) is 3.30. The lowest BCUT2D eigenvalue weighted by molar-refractivity contribution is -0.128. The van der Waals surface area contributed by atoms with E-state index in [1.165, 1.54) is 23.5 Å². The van der Waals surface area contributed by atoms with Crippen LogP contribution in [0.5, 0.6) is 0 Å². The number of nitrogens with one attached hydrogen (secondary N) is 1. The van der Waals surface area contributed by atoms with Crippen molar-refractivity contribution in [3.63, 3.8) is 0 Å². The van der Waals surface area contributed by atoms with Crippen LogP contribution < -0.4 is 5.32 Å². The lowest BCUT2D eigenvalue weighted by Gasteiger charge is -2.16. The van der Waals surface area contributed by atoms with Crippen molar-refractivity contribution in [3.8, 4) is 0 Å². The van der Waals surface area contributed by atoms with Gasteiger partial charge in [0.25, 0.3) is 0 Å². The van der Waals surface area contributed by atoms with Crippen molar-refractivity contribution >= 4 is 28.3 Å². The highest BCUT2D eigenvalue weighted by Gasteiger charge is 2.34. The van der Waals surface area contributed by atoms with Gasteiger partial charge in [-0.3, -0.25) is 9.59 Å². The third-order valence-electron chi connectivity index (χ3n) is 3.53. The molecule has 3 rings (SSSR count). The summed E-state index contributed by atoms with van der Waals surface area (Å²) < 4.78 is 12.9. The van der Waals surface area contributed by atoms with Gasteiger partial charge in [-0.2, -0.15) is 0 Å². The predicted molar refractivity (Wildman–Crippen MR) is 80.7 cm³/mol. The van der Waals surface area contributed by atoms with Gasteiger partial charge in [0.1, 0.15) is 5.82 Å². The Kier molecular flexibility index (Phi) is 4.15. The van der Waals surface area contributed by atoms with Crippen molar-refractivity contribution in [2.24, 2.45) is 5.92 Å². The normalized spacial score (nSPS) is 17.8. The second kappa shape index (κ2) is 6.23. The minimum Gasteiger partial charge on any atom is -0.338 e. The molecule has 2 heterocycles. The van der Waals surface area contributed by atoms with Crippen LogP contribution in [0.4, 0.5) is 9.52 Å². The Bertz CT molecular complexity index is 673. The molecule has 0 spiro atoms. The number of likely N-dealkylation sites (tertiary alicyclic amines) is 1. The van der Waals surface area contributed by atoms with Gasteiger partial charge in [0.15, 0.2) is 5.13 Å². The molecule has 1 unspecified atom stereocenters. The highest BCUT2D eigenvalue weighted by molar-refractivity contribution is 7.13. The van der Waals surface area contributed by atoms with E-state index >= 15 is 0 Å². The fraction of sp³-hybridized carbons (Fsp3) is 0.267. The van der Waals surface area contributed by atoms with E-state index in [0.717, 1.165) is 5.56 Å². The van der Waals surface area contributed by atoms with Gasteiger partial charge in [-0.15, -0.1) is 11.3 Å². The van der Waals surface area contributed by atoms with Crippen molar-refractivity contribution in [3.05, 3.63) is 47.2 Å². The largest absolute Gasteiger partial charge is 0.338 e. The molecule has 0 bridgehead atoms. The number of anilines is 1. The average molecular weight is 319 g/mol. The molecule has 1 atom stereocenters. The van der Waals surface area contributed by atoms with E-state index in [1.54, 1.807) is 28.6 Å². The molecule has 1 aromatic carbocycles. The maximum Gasteiger partial charge on any atom is 0.231 e. The summed E-state index contributed by atoms with van der Waals surface area (Å²) in [5, 5.41) is 5.03. The molecule has 5 nitrogen and oxygen atoms in total. The zero-order valence-electron chi connectivity index (χ0n) is 11.7. The number of hydrogen-bond donors (Lipinski definition) is 1. The summed E-state index contributed by atoms with van der Waals surface area (Å²) in [6.45, 7) is 0.758.